The van der Waals surface area contributed by atoms with E-state index in [0.717, 1.165) is 11.5 Å². The third-order valence-corrected chi connectivity index (χ3v) is 2.81. The number of nitrogens with two attached hydrogens (primary N) is 1. The number of aromatic nitrogens is 2. The van der Waals surface area contributed by atoms with Crippen LogP contribution in [0.5, 0.6) is 0 Å². The van der Waals surface area contributed by atoms with Crippen molar-refractivity contribution in [2.24, 2.45) is 12.8 Å². The van der Waals surface area contributed by atoms with E-state index in [1.807, 2.05) is 42.8 Å². The number of hydrogen-bond acceptors (Lipinski definition) is 3. The second kappa shape index (κ2) is 4.52. The van der Waals surface area contributed by atoms with Gasteiger partial charge in [0, 0.05) is 36.5 Å². The summed E-state index contributed by atoms with van der Waals surface area (Å²) in [5, 5.41) is 0. The monoisotopic (exact) mass is 185 g/mol. The third kappa shape index (κ3) is 2.87. The molecular formula is C8H15N3S. The molecule has 1 atom stereocenters. The second-order valence-electron chi connectivity index (χ2n) is 2.99. The summed E-state index contributed by atoms with van der Waals surface area (Å²) < 4.78 is 2.04. The lowest BCUT2D eigenvalue weighted by atomic mass is 10.4. The smallest absolute Gasteiger partial charge is 0.0945 e. The van der Waals surface area contributed by atoms with E-state index in [0.29, 0.717) is 0 Å². The molecule has 0 amide bonds. The molecule has 1 aromatic heterocycles. The van der Waals surface area contributed by atoms with Crippen LogP contribution in [0, 0.1) is 0 Å². The minimum atomic E-state index is 0.281. The molecule has 0 radical (unpaired) electrons. The maximum absolute atomic E-state index is 5.63. The lowest BCUT2D eigenvalue weighted by Gasteiger charge is -2.04. The first-order valence-electron chi connectivity index (χ1n) is 3.98. The third-order valence-electron chi connectivity index (χ3n) is 1.55. The predicted octanol–water partition coefficient (Wildman–Crippen LogP) is 1.00. The van der Waals surface area contributed by atoms with Crippen molar-refractivity contribution in [1.82, 2.24) is 9.55 Å². The van der Waals surface area contributed by atoms with Gasteiger partial charge in [0.2, 0.25) is 0 Å². The molecule has 1 aromatic rings. The van der Waals surface area contributed by atoms with Crippen LogP contribution in [0.4, 0.5) is 0 Å². The summed E-state index contributed by atoms with van der Waals surface area (Å²) in [7, 11) is 2.01. The SMILES string of the molecule is CC(N)CSCc1cncn1C. The zero-order chi connectivity index (χ0) is 8.97. The minimum Gasteiger partial charge on any atom is -0.337 e. The highest BCUT2D eigenvalue weighted by Crippen LogP contribution is 2.10. The van der Waals surface area contributed by atoms with Gasteiger partial charge in [-0.25, -0.2) is 4.98 Å². The lowest BCUT2D eigenvalue weighted by Crippen LogP contribution is -2.17. The predicted molar refractivity (Wildman–Crippen MR) is 53.0 cm³/mol. The van der Waals surface area contributed by atoms with Crippen LogP contribution >= 0.6 is 11.8 Å². The molecule has 12 heavy (non-hydrogen) atoms. The Labute approximate surface area is 77.4 Å². The standard InChI is InChI=1S/C8H15N3S/c1-7(9)4-12-5-8-3-10-6-11(8)2/h3,6-7H,4-5,9H2,1-2H3. The fourth-order valence-electron chi connectivity index (χ4n) is 0.873. The van der Waals surface area contributed by atoms with E-state index in [1.165, 1.54) is 5.69 Å². The number of nitrogens with zero attached hydrogens (tertiary/aromatic N) is 2. The summed E-state index contributed by atoms with van der Waals surface area (Å²) in [4.78, 5) is 4.04. The van der Waals surface area contributed by atoms with E-state index < -0.39 is 0 Å². The molecule has 0 aliphatic rings. The van der Waals surface area contributed by atoms with Gasteiger partial charge in [0.1, 0.15) is 0 Å². The summed E-state index contributed by atoms with van der Waals surface area (Å²) >= 11 is 1.85. The van der Waals surface area contributed by atoms with Crippen LogP contribution in [0.2, 0.25) is 0 Å². The van der Waals surface area contributed by atoms with Crippen molar-refractivity contribution in [3.63, 3.8) is 0 Å². The Hall–Kier alpha value is -0.480. The van der Waals surface area contributed by atoms with Crippen molar-refractivity contribution in [2.45, 2.75) is 18.7 Å². The maximum atomic E-state index is 5.63. The Morgan fingerprint density at radius 2 is 2.50 bits per heavy atom. The van der Waals surface area contributed by atoms with Gasteiger partial charge in [0.05, 0.1) is 6.33 Å². The normalized spacial score (nSPS) is 13.2. The molecule has 0 bridgehead atoms. The van der Waals surface area contributed by atoms with E-state index in [9.17, 15) is 0 Å². The average molecular weight is 185 g/mol. The molecule has 0 aliphatic heterocycles. The summed E-state index contributed by atoms with van der Waals surface area (Å²) in [6.45, 7) is 2.02. The highest BCUT2D eigenvalue weighted by Gasteiger charge is 1.99. The van der Waals surface area contributed by atoms with Crippen molar-refractivity contribution in [3.05, 3.63) is 18.2 Å². The van der Waals surface area contributed by atoms with E-state index in [1.54, 1.807) is 0 Å². The Morgan fingerprint density at radius 1 is 1.75 bits per heavy atom. The quantitative estimate of drug-likeness (QED) is 0.761. The first-order valence-corrected chi connectivity index (χ1v) is 5.14. The number of hydrogen-bond donors (Lipinski definition) is 1. The average Bonchev–Trinajstić information content (AvgIpc) is 2.36. The fraction of sp³-hybridized carbons (Fsp3) is 0.625. The van der Waals surface area contributed by atoms with Gasteiger partial charge in [0.15, 0.2) is 0 Å². The molecule has 0 fully saturated rings. The van der Waals surface area contributed by atoms with Crippen LogP contribution in [-0.2, 0) is 12.8 Å². The molecule has 68 valence electrons. The van der Waals surface area contributed by atoms with Crippen LogP contribution in [0.15, 0.2) is 12.5 Å². The topological polar surface area (TPSA) is 43.8 Å². The second-order valence-corrected chi connectivity index (χ2v) is 4.02. The Balaban J connectivity index is 2.29. The highest BCUT2D eigenvalue weighted by atomic mass is 32.2. The van der Waals surface area contributed by atoms with Crippen LogP contribution in [-0.4, -0.2) is 21.3 Å². The molecule has 3 nitrogen and oxygen atoms in total. The van der Waals surface area contributed by atoms with E-state index in [-0.39, 0.29) is 6.04 Å². The summed E-state index contributed by atoms with van der Waals surface area (Å²) in [5.74, 6) is 2.00. The van der Waals surface area contributed by atoms with Gasteiger partial charge >= 0.3 is 0 Å². The molecule has 0 saturated heterocycles. The summed E-state index contributed by atoms with van der Waals surface area (Å²) in [5.41, 5.74) is 6.88. The van der Waals surface area contributed by atoms with Crippen LogP contribution in [0.3, 0.4) is 0 Å². The summed E-state index contributed by atoms with van der Waals surface area (Å²) in [6.07, 6.45) is 3.72. The zero-order valence-corrected chi connectivity index (χ0v) is 8.34. The molecule has 1 heterocycles. The molecular weight excluding hydrogens is 170 g/mol. The maximum Gasteiger partial charge on any atom is 0.0945 e. The fourth-order valence-corrected chi connectivity index (χ4v) is 1.85. The Morgan fingerprint density at radius 3 is 3.00 bits per heavy atom. The van der Waals surface area contributed by atoms with Crippen molar-refractivity contribution in [2.75, 3.05) is 5.75 Å². The molecule has 4 heteroatoms. The van der Waals surface area contributed by atoms with Crippen molar-refractivity contribution in [1.29, 1.82) is 0 Å². The van der Waals surface area contributed by atoms with Crippen molar-refractivity contribution >= 4 is 11.8 Å². The van der Waals surface area contributed by atoms with Crippen LogP contribution in [0.1, 0.15) is 12.6 Å². The van der Waals surface area contributed by atoms with Gasteiger partial charge in [-0.2, -0.15) is 11.8 Å². The molecule has 0 aromatic carbocycles. The minimum absolute atomic E-state index is 0.281. The van der Waals surface area contributed by atoms with Crippen molar-refractivity contribution in [3.8, 4) is 0 Å². The highest BCUT2D eigenvalue weighted by molar-refractivity contribution is 7.98. The van der Waals surface area contributed by atoms with Gasteiger partial charge in [-0.3, -0.25) is 0 Å². The molecule has 2 N–H and O–H groups in total. The number of imidazole rings is 1. The van der Waals surface area contributed by atoms with Crippen molar-refractivity contribution < 1.29 is 0 Å². The lowest BCUT2D eigenvalue weighted by molar-refractivity contribution is 0.841. The first kappa shape index (κ1) is 9.61. The zero-order valence-electron chi connectivity index (χ0n) is 7.53. The number of rotatable bonds is 4. The first-order chi connectivity index (χ1) is 5.70. The van der Waals surface area contributed by atoms with E-state index >= 15 is 0 Å². The number of aryl methyl sites for hydroxylation is 1. The molecule has 1 unspecified atom stereocenters. The van der Waals surface area contributed by atoms with E-state index in [2.05, 4.69) is 4.98 Å². The largest absolute Gasteiger partial charge is 0.337 e. The molecule has 0 spiro atoms. The van der Waals surface area contributed by atoms with Gasteiger partial charge in [0.25, 0.3) is 0 Å². The van der Waals surface area contributed by atoms with Crippen LogP contribution in [0.25, 0.3) is 0 Å². The van der Waals surface area contributed by atoms with Gasteiger partial charge in [-0.15, -0.1) is 0 Å². The Bertz CT molecular complexity index is 232. The molecule has 1 rings (SSSR count). The Kier molecular flexibility index (Phi) is 3.62. The van der Waals surface area contributed by atoms with Crippen LogP contribution < -0.4 is 5.73 Å². The molecule has 0 aliphatic carbocycles. The molecule has 0 saturated carbocycles. The van der Waals surface area contributed by atoms with Gasteiger partial charge < -0.3 is 10.3 Å². The van der Waals surface area contributed by atoms with E-state index in [4.69, 9.17) is 5.73 Å². The summed E-state index contributed by atoms with van der Waals surface area (Å²) in [6, 6.07) is 0.281. The van der Waals surface area contributed by atoms with Gasteiger partial charge in [-0.1, -0.05) is 0 Å². The number of thioether (sulfide) groups is 1. The van der Waals surface area contributed by atoms with Gasteiger partial charge in [-0.05, 0) is 6.92 Å².